The van der Waals surface area contributed by atoms with E-state index < -0.39 is 0 Å². The van der Waals surface area contributed by atoms with Crippen LogP contribution < -0.4 is 10.9 Å². The third-order valence-electron chi connectivity index (χ3n) is 4.92. The topological polar surface area (TPSA) is 76.9 Å². The van der Waals surface area contributed by atoms with Crippen LogP contribution >= 0.6 is 0 Å². The maximum Gasteiger partial charge on any atom is 0.267 e. The second-order valence-electron chi connectivity index (χ2n) is 6.94. The van der Waals surface area contributed by atoms with Crippen LogP contribution in [0.1, 0.15) is 27.3 Å². The average molecular weight is 384 g/mol. The molecule has 0 saturated heterocycles. The number of pyridine rings is 1. The molecule has 6 nitrogen and oxygen atoms in total. The molecule has 2 heterocycles. The maximum atomic E-state index is 13.0. The fourth-order valence-corrected chi connectivity index (χ4v) is 3.37. The summed E-state index contributed by atoms with van der Waals surface area (Å²) in [6.45, 7) is 5.58. The third-order valence-corrected chi connectivity index (χ3v) is 4.92. The van der Waals surface area contributed by atoms with Crippen molar-refractivity contribution < 1.29 is 4.79 Å². The Balaban J connectivity index is 1.71. The van der Waals surface area contributed by atoms with Crippen molar-refractivity contribution in [1.29, 1.82) is 0 Å². The van der Waals surface area contributed by atoms with Crippen molar-refractivity contribution in [3.63, 3.8) is 0 Å². The van der Waals surface area contributed by atoms with Crippen LogP contribution in [0.25, 0.3) is 16.7 Å². The molecule has 1 N–H and O–H groups in total. The minimum absolute atomic E-state index is 0.161. The molecule has 0 unspecified atom stereocenters. The molecule has 6 heteroatoms. The molecular weight excluding hydrogens is 364 g/mol. The van der Waals surface area contributed by atoms with Gasteiger partial charge in [0.25, 0.3) is 11.5 Å². The van der Waals surface area contributed by atoms with E-state index in [1.54, 1.807) is 48.0 Å². The van der Waals surface area contributed by atoms with Gasteiger partial charge < -0.3 is 5.32 Å². The second-order valence-corrected chi connectivity index (χ2v) is 6.94. The Morgan fingerprint density at radius 2 is 1.76 bits per heavy atom. The van der Waals surface area contributed by atoms with E-state index in [4.69, 9.17) is 0 Å². The van der Waals surface area contributed by atoms with Crippen molar-refractivity contribution in [2.45, 2.75) is 20.8 Å². The predicted octanol–water partition coefficient (Wildman–Crippen LogP) is 3.96. The van der Waals surface area contributed by atoms with Crippen LogP contribution in [0.15, 0.2) is 65.6 Å². The molecule has 0 fully saturated rings. The molecule has 1 amide bonds. The summed E-state index contributed by atoms with van der Waals surface area (Å²) < 4.78 is 1.56. The Morgan fingerprint density at radius 3 is 2.52 bits per heavy atom. The summed E-state index contributed by atoms with van der Waals surface area (Å²) >= 11 is 0. The summed E-state index contributed by atoms with van der Waals surface area (Å²) in [5.41, 5.74) is 4.05. The number of nitrogens with one attached hydrogen (secondary N) is 1. The number of hydrogen-bond acceptors (Lipinski definition) is 4. The number of fused-ring (bicyclic) bond motifs is 1. The SMILES string of the molecule is Cc1cc(-n2c(C)nc3ncccc3c2=O)ccc1NC(=O)c1ccccc1C. The molecule has 0 aliphatic heterocycles. The van der Waals surface area contributed by atoms with Crippen molar-refractivity contribution in [2.24, 2.45) is 0 Å². The standard InChI is InChI=1S/C23H20N4O2/c1-14-7-4-5-8-18(14)22(28)26-20-11-10-17(13-15(20)2)27-16(3)25-21-19(23(27)29)9-6-12-24-21/h4-13H,1-3H3,(H,26,28). The molecule has 0 radical (unpaired) electrons. The lowest BCUT2D eigenvalue weighted by atomic mass is 10.1. The van der Waals surface area contributed by atoms with Crippen LogP contribution in [0.4, 0.5) is 5.69 Å². The number of amides is 1. The summed E-state index contributed by atoms with van der Waals surface area (Å²) in [5, 5.41) is 3.42. The van der Waals surface area contributed by atoms with Crippen LogP contribution in [-0.2, 0) is 0 Å². The Bertz CT molecular complexity index is 1310. The number of benzene rings is 2. The Hall–Kier alpha value is -3.80. The van der Waals surface area contributed by atoms with Gasteiger partial charge in [-0.05, 0) is 68.3 Å². The molecule has 0 aliphatic carbocycles. The summed E-state index contributed by atoms with van der Waals surface area (Å²) in [6.07, 6.45) is 1.62. The van der Waals surface area contributed by atoms with Gasteiger partial charge in [-0.3, -0.25) is 14.2 Å². The Kier molecular flexibility index (Phi) is 4.68. The molecule has 2 aromatic heterocycles. The smallest absolute Gasteiger partial charge is 0.267 e. The summed E-state index contributed by atoms with van der Waals surface area (Å²) in [5.74, 6) is 0.392. The van der Waals surface area contributed by atoms with Gasteiger partial charge in [0.15, 0.2) is 5.65 Å². The van der Waals surface area contributed by atoms with E-state index in [1.807, 2.05) is 38.1 Å². The van der Waals surface area contributed by atoms with E-state index >= 15 is 0 Å². The zero-order valence-electron chi connectivity index (χ0n) is 16.4. The number of carbonyl (C=O) groups excluding carboxylic acids is 1. The first-order valence-corrected chi connectivity index (χ1v) is 9.28. The number of rotatable bonds is 3. The van der Waals surface area contributed by atoms with E-state index in [0.29, 0.717) is 33.8 Å². The lowest BCUT2D eigenvalue weighted by Crippen LogP contribution is -2.23. The highest BCUT2D eigenvalue weighted by molar-refractivity contribution is 6.05. The van der Waals surface area contributed by atoms with E-state index in [-0.39, 0.29) is 11.5 Å². The lowest BCUT2D eigenvalue weighted by Gasteiger charge is -2.14. The second kappa shape index (κ2) is 7.31. The first kappa shape index (κ1) is 18.6. The minimum atomic E-state index is -0.170. The quantitative estimate of drug-likeness (QED) is 0.580. The largest absolute Gasteiger partial charge is 0.322 e. The van der Waals surface area contributed by atoms with E-state index in [1.165, 1.54) is 0 Å². The van der Waals surface area contributed by atoms with Gasteiger partial charge in [0.2, 0.25) is 0 Å². The van der Waals surface area contributed by atoms with Gasteiger partial charge >= 0.3 is 0 Å². The molecule has 0 aliphatic rings. The summed E-state index contributed by atoms with van der Waals surface area (Å²) in [6, 6.07) is 16.4. The molecule has 0 bridgehead atoms. The fourth-order valence-electron chi connectivity index (χ4n) is 3.37. The molecule has 144 valence electrons. The van der Waals surface area contributed by atoms with Gasteiger partial charge in [0.05, 0.1) is 11.1 Å². The minimum Gasteiger partial charge on any atom is -0.322 e. The summed E-state index contributed by atoms with van der Waals surface area (Å²) in [4.78, 5) is 34.2. The van der Waals surface area contributed by atoms with Crippen molar-refractivity contribution in [3.05, 3.63) is 93.7 Å². The maximum absolute atomic E-state index is 13.0. The normalized spacial score (nSPS) is 10.9. The zero-order chi connectivity index (χ0) is 20.5. The van der Waals surface area contributed by atoms with Gasteiger partial charge in [0.1, 0.15) is 5.82 Å². The highest BCUT2D eigenvalue weighted by atomic mass is 16.1. The molecule has 29 heavy (non-hydrogen) atoms. The number of nitrogens with zero attached hydrogens (tertiary/aromatic N) is 3. The number of carbonyl (C=O) groups is 1. The van der Waals surface area contributed by atoms with E-state index in [9.17, 15) is 9.59 Å². The van der Waals surface area contributed by atoms with E-state index in [2.05, 4.69) is 15.3 Å². The molecule has 0 spiro atoms. The third kappa shape index (κ3) is 3.40. The van der Waals surface area contributed by atoms with Crippen LogP contribution in [-0.4, -0.2) is 20.4 Å². The summed E-state index contributed by atoms with van der Waals surface area (Å²) in [7, 11) is 0. The van der Waals surface area contributed by atoms with E-state index in [0.717, 1.165) is 11.1 Å². The van der Waals surface area contributed by atoms with Gasteiger partial charge in [-0.2, -0.15) is 0 Å². The Morgan fingerprint density at radius 1 is 0.966 bits per heavy atom. The molecule has 2 aromatic carbocycles. The van der Waals surface area contributed by atoms with Gasteiger partial charge in [0, 0.05) is 17.4 Å². The van der Waals surface area contributed by atoms with Crippen molar-refractivity contribution in [1.82, 2.24) is 14.5 Å². The highest BCUT2D eigenvalue weighted by Crippen LogP contribution is 2.21. The van der Waals surface area contributed by atoms with Gasteiger partial charge in [-0.25, -0.2) is 9.97 Å². The zero-order valence-corrected chi connectivity index (χ0v) is 16.4. The van der Waals surface area contributed by atoms with Gasteiger partial charge in [-0.15, -0.1) is 0 Å². The Labute approximate surface area is 167 Å². The number of aromatic nitrogens is 3. The number of aryl methyl sites for hydroxylation is 3. The van der Waals surface area contributed by atoms with Crippen molar-refractivity contribution in [2.75, 3.05) is 5.32 Å². The number of hydrogen-bond donors (Lipinski definition) is 1. The van der Waals surface area contributed by atoms with Crippen molar-refractivity contribution in [3.8, 4) is 5.69 Å². The number of anilines is 1. The van der Waals surface area contributed by atoms with Crippen LogP contribution in [0.3, 0.4) is 0 Å². The first-order valence-electron chi connectivity index (χ1n) is 9.28. The first-order chi connectivity index (χ1) is 14.0. The average Bonchev–Trinajstić information content (AvgIpc) is 2.70. The molecule has 0 saturated carbocycles. The predicted molar refractivity (Wildman–Crippen MR) is 114 cm³/mol. The molecule has 0 atom stereocenters. The van der Waals surface area contributed by atoms with Crippen LogP contribution in [0, 0.1) is 20.8 Å². The van der Waals surface area contributed by atoms with Gasteiger partial charge in [-0.1, -0.05) is 18.2 Å². The molecule has 4 rings (SSSR count). The highest BCUT2D eigenvalue weighted by Gasteiger charge is 2.13. The molecular formula is C23H20N4O2. The monoisotopic (exact) mass is 384 g/mol. The molecule has 4 aromatic rings. The van der Waals surface area contributed by atoms with Crippen LogP contribution in [0.2, 0.25) is 0 Å². The lowest BCUT2D eigenvalue weighted by molar-refractivity contribution is 0.102. The van der Waals surface area contributed by atoms with Crippen LogP contribution in [0.5, 0.6) is 0 Å². The fraction of sp³-hybridized carbons (Fsp3) is 0.130. The van der Waals surface area contributed by atoms with Crippen molar-refractivity contribution >= 4 is 22.6 Å².